The highest BCUT2D eigenvalue weighted by Crippen LogP contribution is 2.41. The lowest BCUT2D eigenvalue weighted by molar-refractivity contribution is -0.138. The Morgan fingerprint density at radius 1 is 1.39 bits per heavy atom. The Kier molecular flexibility index (Phi) is 2.68. The first-order valence-corrected chi connectivity index (χ1v) is 6.37. The van der Waals surface area contributed by atoms with Crippen LogP contribution in [0.2, 0.25) is 0 Å². The summed E-state index contributed by atoms with van der Waals surface area (Å²) in [6.45, 7) is 0. The van der Waals surface area contributed by atoms with Crippen molar-refractivity contribution in [3.8, 4) is 0 Å². The van der Waals surface area contributed by atoms with E-state index in [1.165, 1.54) is 0 Å². The van der Waals surface area contributed by atoms with Crippen molar-refractivity contribution in [2.24, 2.45) is 13.0 Å². The zero-order valence-electron chi connectivity index (χ0n) is 10.4. The van der Waals surface area contributed by atoms with Gasteiger partial charge in [0.2, 0.25) is 5.95 Å². The monoisotopic (exact) mass is 251 g/mol. The number of hydrogen-bond acceptors (Lipinski definition) is 5. The summed E-state index contributed by atoms with van der Waals surface area (Å²) in [7, 11) is 1.85. The highest BCUT2D eigenvalue weighted by atomic mass is 16.4. The molecule has 0 amide bonds. The van der Waals surface area contributed by atoms with Gasteiger partial charge in [-0.3, -0.25) is 4.79 Å². The van der Waals surface area contributed by atoms with Gasteiger partial charge in [-0.25, -0.2) is 4.68 Å². The van der Waals surface area contributed by atoms with E-state index in [9.17, 15) is 4.79 Å². The molecule has 18 heavy (non-hydrogen) atoms. The Morgan fingerprint density at radius 2 is 2.06 bits per heavy atom. The van der Waals surface area contributed by atoms with Crippen molar-refractivity contribution in [3.05, 3.63) is 0 Å². The van der Waals surface area contributed by atoms with Crippen LogP contribution < -0.4 is 4.90 Å². The molecule has 3 heterocycles. The SMILES string of the molecule is Cn1nnnc1N1C2CCC1CC(CC(=O)O)C2. The fraction of sp³-hybridized carbons (Fsp3) is 0.818. The van der Waals surface area contributed by atoms with E-state index in [0.717, 1.165) is 31.6 Å². The summed E-state index contributed by atoms with van der Waals surface area (Å²) in [5.74, 6) is 0.432. The van der Waals surface area contributed by atoms with Gasteiger partial charge in [0.05, 0.1) is 0 Å². The molecule has 2 bridgehead atoms. The van der Waals surface area contributed by atoms with Gasteiger partial charge < -0.3 is 10.0 Å². The van der Waals surface area contributed by atoms with Crippen molar-refractivity contribution >= 4 is 11.9 Å². The molecule has 0 saturated carbocycles. The molecule has 0 spiro atoms. The third-order valence-corrected chi connectivity index (χ3v) is 4.12. The van der Waals surface area contributed by atoms with E-state index in [1.54, 1.807) is 4.68 Å². The van der Waals surface area contributed by atoms with Gasteiger partial charge in [0.25, 0.3) is 0 Å². The molecule has 2 atom stereocenters. The zero-order valence-corrected chi connectivity index (χ0v) is 10.4. The Morgan fingerprint density at radius 3 is 2.56 bits per heavy atom. The number of fused-ring (bicyclic) bond motifs is 2. The maximum absolute atomic E-state index is 10.8. The van der Waals surface area contributed by atoms with Crippen LogP contribution >= 0.6 is 0 Å². The minimum atomic E-state index is -0.687. The van der Waals surface area contributed by atoms with Gasteiger partial charge in [-0.05, 0) is 42.0 Å². The number of carbonyl (C=O) groups is 1. The predicted molar refractivity (Wildman–Crippen MR) is 63.1 cm³/mol. The Bertz CT molecular complexity index is 446. The van der Waals surface area contributed by atoms with Crippen LogP contribution in [0.4, 0.5) is 5.95 Å². The topological polar surface area (TPSA) is 84.1 Å². The van der Waals surface area contributed by atoms with Crippen molar-refractivity contribution < 1.29 is 9.90 Å². The van der Waals surface area contributed by atoms with Crippen LogP contribution in [0.1, 0.15) is 32.1 Å². The molecule has 0 aromatic carbocycles. The number of rotatable bonds is 3. The highest BCUT2D eigenvalue weighted by Gasteiger charge is 2.43. The van der Waals surface area contributed by atoms with Crippen LogP contribution in [0.3, 0.4) is 0 Å². The number of aromatic nitrogens is 4. The molecule has 0 aliphatic carbocycles. The van der Waals surface area contributed by atoms with Gasteiger partial charge in [-0.1, -0.05) is 5.10 Å². The summed E-state index contributed by atoms with van der Waals surface area (Å²) in [4.78, 5) is 13.1. The lowest BCUT2D eigenvalue weighted by atomic mass is 9.88. The van der Waals surface area contributed by atoms with E-state index in [0.29, 0.717) is 18.0 Å². The van der Waals surface area contributed by atoms with Gasteiger partial charge in [0, 0.05) is 25.6 Å². The number of aryl methyl sites for hydroxylation is 1. The number of nitrogens with zero attached hydrogens (tertiary/aromatic N) is 5. The quantitative estimate of drug-likeness (QED) is 0.838. The number of carboxylic acids is 1. The molecule has 1 N–H and O–H groups in total. The second-order valence-electron chi connectivity index (χ2n) is 5.33. The van der Waals surface area contributed by atoms with E-state index < -0.39 is 5.97 Å². The number of carboxylic acid groups (broad SMARTS) is 1. The molecule has 7 nitrogen and oxygen atoms in total. The second-order valence-corrected chi connectivity index (χ2v) is 5.33. The molecular formula is C11H17N5O2. The maximum atomic E-state index is 10.8. The molecule has 1 aromatic rings. The summed E-state index contributed by atoms with van der Waals surface area (Å²) in [5.41, 5.74) is 0. The van der Waals surface area contributed by atoms with E-state index >= 15 is 0 Å². The molecule has 2 saturated heterocycles. The number of tetrazole rings is 1. The van der Waals surface area contributed by atoms with Gasteiger partial charge in [-0.2, -0.15) is 0 Å². The lowest BCUT2D eigenvalue weighted by Gasteiger charge is -2.38. The average molecular weight is 251 g/mol. The third kappa shape index (κ3) is 1.83. The third-order valence-electron chi connectivity index (χ3n) is 4.12. The molecule has 7 heteroatoms. The van der Waals surface area contributed by atoms with Crippen molar-refractivity contribution in [1.82, 2.24) is 20.2 Å². The second kappa shape index (κ2) is 4.22. The van der Waals surface area contributed by atoms with Crippen LogP contribution in [0.25, 0.3) is 0 Å². The Labute approximate surface area is 105 Å². The van der Waals surface area contributed by atoms with Gasteiger partial charge in [0.1, 0.15) is 0 Å². The largest absolute Gasteiger partial charge is 0.481 e. The lowest BCUT2D eigenvalue weighted by Crippen LogP contribution is -2.44. The van der Waals surface area contributed by atoms with E-state index in [2.05, 4.69) is 20.4 Å². The molecule has 0 radical (unpaired) electrons. The first-order chi connectivity index (χ1) is 8.65. The number of aliphatic carboxylic acids is 1. The van der Waals surface area contributed by atoms with Crippen molar-refractivity contribution in [2.75, 3.05) is 4.90 Å². The molecule has 2 aliphatic heterocycles. The highest BCUT2D eigenvalue weighted by molar-refractivity contribution is 5.67. The predicted octanol–water partition coefficient (Wildman–Crippen LogP) is 0.432. The van der Waals surface area contributed by atoms with Crippen molar-refractivity contribution in [3.63, 3.8) is 0 Å². The fourth-order valence-electron chi connectivity index (χ4n) is 3.47. The molecule has 2 unspecified atom stereocenters. The van der Waals surface area contributed by atoms with Crippen molar-refractivity contribution in [2.45, 2.75) is 44.2 Å². The zero-order chi connectivity index (χ0) is 12.7. The Hall–Kier alpha value is -1.66. The molecule has 3 rings (SSSR count). The molecule has 1 aromatic heterocycles. The molecular weight excluding hydrogens is 234 g/mol. The summed E-state index contributed by atoms with van der Waals surface area (Å²) in [6, 6.07) is 0.801. The summed E-state index contributed by atoms with van der Waals surface area (Å²) >= 11 is 0. The van der Waals surface area contributed by atoms with E-state index in [1.807, 2.05) is 7.05 Å². The summed E-state index contributed by atoms with van der Waals surface area (Å²) < 4.78 is 1.70. The van der Waals surface area contributed by atoms with Crippen LogP contribution in [0, 0.1) is 5.92 Å². The van der Waals surface area contributed by atoms with Crippen LogP contribution in [0.5, 0.6) is 0 Å². The number of hydrogen-bond donors (Lipinski definition) is 1. The molecule has 2 aliphatic rings. The number of anilines is 1. The first-order valence-electron chi connectivity index (χ1n) is 6.37. The van der Waals surface area contributed by atoms with Crippen molar-refractivity contribution in [1.29, 1.82) is 0 Å². The van der Waals surface area contributed by atoms with Gasteiger partial charge in [-0.15, -0.1) is 0 Å². The van der Waals surface area contributed by atoms with Crippen LogP contribution in [0.15, 0.2) is 0 Å². The average Bonchev–Trinajstić information content (AvgIpc) is 2.80. The summed E-state index contributed by atoms with van der Waals surface area (Å²) in [5, 5.41) is 20.5. The maximum Gasteiger partial charge on any atom is 0.303 e. The van der Waals surface area contributed by atoms with Gasteiger partial charge in [0.15, 0.2) is 0 Å². The van der Waals surface area contributed by atoms with E-state index in [-0.39, 0.29) is 6.42 Å². The smallest absolute Gasteiger partial charge is 0.303 e. The number of piperidine rings is 1. The fourth-order valence-corrected chi connectivity index (χ4v) is 3.47. The van der Waals surface area contributed by atoms with Crippen LogP contribution in [-0.4, -0.2) is 43.4 Å². The van der Waals surface area contributed by atoms with Crippen LogP contribution in [-0.2, 0) is 11.8 Å². The normalized spacial score (nSPS) is 30.7. The standard InChI is InChI=1S/C11H17N5O2/c1-15-11(12-13-14-15)16-8-2-3-9(16)5-7(4-8)6-10(17)18/h7-9H,2-6H2,1H3,(H,17,18). The minimum absolute atomic E-state index is 0.290. The molecule has 2 fully saturated rings. The Balaban J connectivity index is 1.78. The first kappa shape index (κ1) is 11.4. The molecule has 98 valence electrons. The van der Waals surface area contributed by atoms with E-state index in [4.69, 9.17) is 5.11 Å². The van der Waals surface area contributed by atoms with Gasteiger partial charge >= 0.3 is 5.97 Å². The minimum Gasteiger partial charge on any atom is -0.481 e. The summed E-state index contributed by atoms with van der Waals surface area (Å²) in [6.07, 6.45) is 4.41.